The summed E-state index contributed by atoms with van der Waals surface area (Å²) in [6.45, 7) is 2.83. The van der Waals surface area contributed by atoms with Crippen LogP contribution in [0.4, 0.5) is 0 Å². The second-order valence-electron chi connectivity index (χ2n) is 5.03. The summed E-state index contributed by atoms with van der Waals surface area (Å²) in [4.78, 5) is 1.07. The van der Waals surface area contributed by atoms with E-state index in [-0.39, 0.29) is 6.10 Å². The van der Waals surface area contributed by atoms with Crippen LogP contribution in [-0.4, -0.2) is 42.1 Å². The van der Waals surface area contributed by atoms with Gasteiger partial charge in [-0.15, -0.1) is 16.4 Å². The summed E-state index contributed by atoms with van der Waals surface area (Å²) < 4.78 is 32.8. The maximum Gasteiger partial charge on any atom is 0.252 e. The number of hydrogen-bond acceptors (Lipinski definition) is 6. The monoisotopic (exact) mass is 339 g/mol. The van der Waals surface area contributed by atoms with E-state index in [1.807, 2.05) is 13.0 Å². The Hall–Kier alpha value is -1.51. The average molecular weight is 339 g/mol. The molecule has 1 saturated heterocycles. The normalized spacial score (nSPS) is 19.4. The number of aromatic nitrogens is 2. The zero-order valence-electron chi connectivity index (χ0n) is 12.2. The fourth-order valence-corrected chi connectivity index (χ4v) is 5.28. The molecule has 0 amide bonds. The first-order valence-corrected chi connectivity index (χ1v) is 9.38. The standard InChI is InChI=1S/C14H17N3O3S2/c1-2-12-5-6-14(21-12)22(18,19)17-9-7-11(10-17)20-13-4-3-8-15-16-13/h3-6,8,11H,2,7,9-10H2,1H3. The first kappa shape index (κ1) is 15.4. The van der Waals surface area contributed by atoms with Gasteiger partial charge in [-0.25, -0.2) is 8.42 Å². The second-order valence-corrected chi connectivity index (χ2v) is 8.36. The molecule has 118 valence electrons. The molecule has 0 aliphatic carbocycles. The molecular weight excluding hydrogens is 322 g/mol. The van der Waals surface area contributed by atoms with Gasteiger partial charge >= 0.3 is 0 Å². The highest BCUT2D eigenvalue weighted by molar-refractivity contribution is 7.91. The van der Waals surface area contributed by atoms with Crippen molar-refractivity contribution in [2.75, 3.05) is 13.1 Å². The average Bonchev–Trinajstić information content (AvgIpc) is 3.17. The number of thiophene rings is 1. The molecule has 3 heterocycles. The fourth-order valence-electron chi connectivity index (χ4n) is 2.35. The lowest BCUT2D eigenvalue weighted by atomic mass is 10.3. The van der Waals surface area contributed by atoms with Crippen molar-refractivity contribution in [3.63, 3.8) is 0 Å². The number of hydrogen-bond donors (Lipinski definition) is 0. The van der Waals surface area contributed by atoms with E-state index in [4.69, 9.17) is 4.74 Å². The molecule has 0 saturated carbocycles. The lowest BCUT2D eigenvalue weighted by Crippen LogP contribution is -2.30. The summed E-state index contributed by atoms with van der Waals surface area (Å²) in [6, 6.07) is 7.03. The van der Waals surface area contributed by atoms with Crippen molar-refractivity contribution in [3.8, 4) is 5.88 Å². The van der Waals surface area contributed by atoms with Crippen LogP contribution < -0.4 is 4.74 Å². The van der Waals surface area contributed by atoms with Crippen LogP contribution in [0.15, 0.2) is 34.7 Å². The van der Waals surface area contributed by atoms with Gasteiger partial charge in [0.05, 0.1) is 6.54 Å². The largest absolute Gasteiger partial charge is 0.472 e. The van der Waals surface area contributed by atoms with Gasteiger partial charge < -0.3 is 4.74 Å². The Balaban J connectivity index is 1.69. The van der Waals surface area contributed by atoms with Crippen molar-refractivity contribution < 1.29 is 13.2 Å². The summed E-state index contributed by atoms with van der Waals surface area (Å²) in [7, 11) is -3.42. The van der Waals surface area contributed by atoms with Gasteiger partial charge in [0.2, 0.25) is 5.88 Å². The molecule has 1 unspecified atom stereocenters. The molecule has 1 aliphatic heterocycles. The van der Waals surface area contributed by atoms with Crippen LogP contribution in [0.1, 0.15) is 18.2 Å². The first-order valence-electron chi connectivity index (χ1n) is 7.13. The van der Waals surface area contributed by atoms with E-state index < -0.39 is 10.0 Å². The summed E-state index contributed by atoms with van der Waals surface area (Å²) in [5, 5.41) is 7.61. The highest BCUT2D eigenvalue weighted by Gasteiger charge is 2.34. The molecule has 0 N–H and O–H groups in total. The molecular formula is C14H17N3O3S2. The first-order chi connectivity index (χ1) is 10.6. The smallest absolute Gasteiger partial charge is 0.252 e. The number of ether oxygens (including phenoxy) is 1. The number of sulfonamides is 1. The minimum atomic E-state index is -3.42. The zero-order chi connectivity index (χ0) is 15.6. The topological polar surface area (TPSA) is 72.4 Å². The SMILES string of the molecule is CCc1ccc(S(=O)(=O)N2CCC(Oc3cccnn3)C2)s1. The van der Waals surface area contributed by atoms with E-state index in [0.717, 1.165) is 11.3 Å². The van der Waals surface area contributed by atoms with Crippen molar-refractivity contribution in [3.05, 3.63) is 35.3 Å². The molecule has 2 aromatic heterocycles. The van der Waals surface area contributed by atoms with Crippen molar-refractivity contribution >= 4 is 21.4 Å². The molecule has 6 nitrogen and oxygen atoms in total. The quantitative estimate of drug-likeness (QED) is 0.832. The lowest BCUT2D eigenvalue weighted by Gasteiger charge is -2.15. The Kier molecular flexibility index (Phi) is 4.42. The third-order valence-electron chi connectivity index (χ3n) is 3.52. The molecule has 2 aromatic rings. The van der Waals surface area contributed by atoms with E-state index >= 15 is 0 Å². The molecule has 3 rings (SSSR count). The molecule has 0 aromatic carbocycles. The maximum absolute atomic E-state index is 12.6. The Morgan fingerprint density at radius 2 is 2.27 bits per heavy atom. The minimum Gasteiger partial charge on any atom is -0.472 e. The van der Waals surface area contributed by atoms with E-state index in [9.17, 15) is 8.42 Å². The van der Waals surface area contributed by atoms with E-state index in [1.165, 1.54) is 15.6 Å². The van der Waals surface area contributed by atoms with Crippen molar-refractivity contribution in [2.45, 2.75) is 30.1 Å². The van der Waals surface area contributed by atoms with Crippen molar-refractivity contribution in [1.29, 1.82) is 0 Å². The van der Waals surface area contributed by atoms with E-state index in [2.05, 4.69) is 10.2 Å². The second kappa shape index (κ2) is 6.31. The van der Waals surface area contributed by atoms with Gasteiger partial charge in [0.1, 0.15) is 10.3 Å². The van der Waals surface area contributed by atoms with Crippen LogP contribution in [0.2, 0.25) is 0 Å². The van der Waals surface area contributed by atoms with Crippen LogP contribution in [0, 0.1) is 0 Å². The Morgan fingerprint density at radius 1 is 1.41 bits per heavy atom. The summed E-state index contributed by atoms with van der Waals surface area (Å²) in [5.74, 6) is 0.427. The van der Waals surface area contributed by atoms with Crippen LogP contribution in [0.3, 0.4) is 0 Å². The van der Waals surface area contributed by atoms with Gasteiger partial charge in [0, 0.05) is 23.7 Å². The molecule has 0 radical (unpaired) electrons. The molecule has 22 heavy (non-hydrogen) atoms. The van der Waals surface area contributed by atoms with E-state index in [0.29, 0.717) is 29.6 Å². The van der Waals surface area contributed by atoms with Crippen LogP contribution in [-0.2, 0) is 16.4 Å². The number of rotatable bonds is 5. The summed E-state index contributed by atoms with van der Waals surface area (Å²) in [5.41, 5.74) is 0. The van der Waals surface area contributed by atoms with Gasteiger partial charge in [0.15, 0.2) is 0 Å². The lowest BCUT2D eigenvalue weighted by molar-refractivity contribution is 0.204. The number of aryl methyl sites for hydroxylation is 1. The third kappa shape index (κ3) is 3.13. The van der Waals surface area contributed by atoms with Crippen LogP contribution >= 0.6 is 11.3 Å². The Morgan fingerprint density at radius 3 is 2.95 bits per heavy atom. The molecule has 1 aliphatic rings. The highest BCUT2D eigenvalue weighted by atomic mass is 32.2. The predicted octanol–water partition coefficient (Wildman–Crippen LogP) is 1.94. The van der Waals surface area contributed by atoms with Crippen LogP contribution in [0.25, 0.3) is 0 Å². The Bertz CT molecular complexity index is 731. The molecule has 8 heteroatoms. The van der Waals surface area contributed by atoms with Gasteiger partial charge in [0.25, 0.3) is 10.0 Å². The fraction of sp³-hybridized carbons (Fsp3) is 0.429. The van der Waals surface area contributed by atoms with Gasteiger partial charge in [-0.2, -0.15) is 9.40 Å². The van der Waals surface area contributed by atoms with Crippen molar-refractivity contribution in [1.82, 2.24) is 14.5 Å². The van der Waals surface area contributed by atoms with Gasteiger partial charge in [-0.1, -0.05) is 6.92 Å². The Labute approximate surface area is 133 Å². The third-order valence-corrected chi connectivity index (χ3v) is 7.08. The van der Waals surface area contributed by atoms with Crippen molar-refractivity contribution in [2.24, 2.45) is 0 Å². The number of nitrogens with zero attached hydrogens (tertiary/aromatic N) is 3. The summed E-state index contributed by atoms with van der Waals surface area (Å²) in [6.07, 6.45) is 2.89. The van der Waals surface area contributed by atoms with Crippen LogP contribution in [0.5, 0.6) is 5.88 Å². The minimum absolute atomic E-state index is 0.183. The summed E-state index contributed by atoms with van der Waals surface area (Å²) >= 11 is 1.34. The zero-order valence-corrected chi connectivity index (χ0v) is 13.8. The molecule has 0 bridgehead atoms. The van der Waals surface area contributed by atoms with Gasteiger partial charge in [-0.3, -0.25) is 0 Å². The highest BCUT2D eigenvalue weighted by Crippen LogP contribution is 2.28. The van der Waals surface area contributed by atoms with E-state index in [1.54, 1.807) is 24.4 Å². The maximum atomic E-state index is 12.6. The molecule has 1 fully saturated rings. The van der Waals surface area contributed by atoms with Gasteiger partial charge in [-0.05, 0) is 31.0 Å². The predicted molar refractivity (Wildman–Crippen MR) is 83.5 cm³/mol. The molecule has 0 spiro atoms. The molecule has 1 atom stereocenters.